The number of carbonyl (C=O) groups excluding carboxylic acids is 1. The first-order valence-electron chi connectivity index (χ1n) is 7.96. The van der Waals surface area contributed by atoms with Crippen molar-refractivity contribution in [2.24, 2.45) is 0 Å². The molecule has 27 heavy (non-hydrogen) atoms. The van der Waals surface area contributed by atoms with E-state index in [-0.39, 0.29) is 12.1 Å². The zero-order valence-corrected chi connectivity index (χ0v) is 14.5. The summed E-state index contributed by atoms with van der Waals surface area (Å²) in [5, 5.41) is 9.06. The molecule has 0 fully saturated rings. The van der Waals surface area contributed by atoms with Gasteiger partial charge in [-0.25, -0.2) is 0 Å². The van der Waals surface area contributed by atoms with Crippen molar-refractivity contribution in [3.8, 4) is 0 Å². The lowest BCUT2D eigenvalue weighted by atomic mass is 10.1. The van der Waals surface area contributed by atoms with Gasteiger partial charge in [0.15, 0.2) is 0 Å². The molecule has 0 aliphatic carbocycles. The molecule has 144 valence electrons. The maximum Gasteiger partial charge on any atom is 0.416 e. The molecule has 2 aromatic rings. The van der Waals surface area contributed by atoms with Gasteiger partial charge in [-0.15, -0.1) is 0 Å². The lowest BCUT2D eigenvalue weighted by Crippen LogP contribution is -2.35. The highest BCUT2D eigenvalue weighted by Crippen LogP contribution is 2.29. The Morgan fingerprint density at radius 3 is 2.04 bits per heavy atom. The number of carboxylic acid groups (broad SMARTS) is 1. The topological polar surface area (TPSA) is 66.8 Å². The highest BCUT2D eigenvalue weighted by atomic mass is 19.4. The Hall–Kier alpha value is -2.87. The van der Waals surface area contributed by atoms with Gasteiger partial charge in [0.05, 0.1) is 12.2 Å². The summed E-state index contributed by atoms with van der Waals surface area (Å²) >= 11 is 0. The maximum atomic E-state index is 12.6. The second-order valence-corrected chi connectivity index (χ2v) is 5.88. The Morgan fingerprint density at radius 2 is 1.56 bits per heavy atom. The largest absolute Gasteiger partial charge is 0.480 e. The van der Waals surface area contributed by atoms with E-state index in [9.17, 15) is 22.8 Å². The van der Waals surface area contributed by atoms with Gasteiger partial charge in [0.25, 0.3) is 5.91 Å². The first-order valence-corrected chi connectivity index (χ1v) is 7.96. The third kappa shape index (κ3) is 5.82. The number of carbonyl (C=O) groups is 2. The Balaban J connectivity index is 2.19. The fourth-order valence-corrected chi connectivity index (χ4v) is 2.48. The number of amides is 1. The van der Waals surface area contributed by atoms with Crippen molar-refractivity contribution < 1.29 is 32.6 Å². The minimum Gasteiger partial charge on any atom is -0.480 e. The summed E-state index contributed by atoms with van der Waals surface area (Å²) in [5.41, 5.74) is 0.717. The number of benzene rings is 2. The van der Waals surface area contributed by atoms with Crippen molar-refractivity contribution in [3.05, 3.63) is 70.8 Å². The quantitative estimate of drug-likeness (QED) is 0.796. The van der Waals surface area contributed by atoms with Gasteiger partial charge in [-0.1, -0.05) is 24.3 Å². The molecule has 0 unspecified atom stereocenters. The summed E-state index contributed by atoms with van der Waals surface area (Å²) in [4.78, 5) is 24.8. The molecule has 0 aliphatic rings. The van der Waals surface area contributed by atoms with E-state index in [2.05, 4.69) is 0 Å². The van der Waals surface area contributed by atoms with Crippen LogP contribution >= 0.6 is 0 Å². The molecule has 1 amide bonds. The molecule has 0 aliphatic heterocycles. The van der Waals surface area contributed by atoms with Crippen LogP contribution in [0.25, 0.3) is 0 Å². The number of rotatable bonds is 7. The first-order chi connectivity index (χ1) is 12.7. The van der Waals surface area contributed by atoms with E-state index < -0.39 is 30.2 Å². The van der Waals surface area contributed by atoms with Crippen LogP contribution in [0.15, 0.2) is 48.5 Å². The fourth-order valence-electron chi connectivity index (χ4n) is 2.48. The minimum atomic E-state index is -4.46. The molecule has 0 heterocycles. The maximum absolute atomic E-state index is 12.6. The molecular weight excluding hydrogens is 363 g/mol. The average molecular weight is 381 g/mol. The molecule has 0 radical (unpaired) electrons. The number of nitrogens with zero attached hydrogens (tertiary/aromatic N) is 1. The summed E-state index contributed by atoms with van der Waals surface area (Å²) in [6, 6.07) is 10.7. The second-order valence-electron chi connectivity index (χ2n) is 5.88. The molecule has 5 nitrogen and oxygen atoms in total. The van der Waals surface area contributed by atoms with Crippen molar-refractivity contribution in [3.63, 3.8) is 0 Å². The molecule has 0 aromatic heterocycles. The lowest BCUT2D eigenvalue weighted by Gasteiger charge is -2.21. The molecular formula is C19H18F3NO4. The highest BCUT2D eigenvalue weighted by Gasteiger charge is 2.30. The van der Waals surface area contributed by atoms with E-state index in [1.165, 1.54) is 19.2 Å². The van der Waals surface area contributed by atoms with Crippen molar-refractivity contribution in [1.82, 2.24) is 4.90 Å². The van der Waals surface area contributed by atoms with Gasteiger partial charge >= 0.3 is 12.1 Å². The molecule has 8 heteroatoms. The number of carboxylic acids is 1. The van der Waals surface area contributed by atoms with E-state index in [0.717, 1.165) is 22.6 Å². The average Bonchev–Trinajstić information content (AvgIpc) is 2.61. The minimum absolute atomic E-state index is 0.122. The second kappa shape index (κ2) is 8.68. The van der Waals surface area contributed by atoms with E-state index >= 15 is 0 Å². The third-order valence-corrected chi connectivity index (χ3v) is 3.78. The van der Waals surface area contributed by atoms with Crippen LogP contribution in [0.5, 0.6) is 0 Å². The zero-order chi connectivity index (χ0) is 20.0. The Kier molecular flexibility index (Phi) is 6.57. The smallest absolute Gasteiger partial charge is 0.416 e. The van der Waals surface area contributed by atoms with Gasteiger partial charge < -0.3 is 14.7 Å². The number of aliphatic carboxylic acids is 1. The van der Waals surface area contributed by atoms with Crippen LogP contribution in [0.3, 0.4) is 0 Å². The van der Waals surface area contributed by atoms with Gasteiger partial charge in [0.1, 0.15) is 6.54 Å². The summed E-state index contributed by atoms with van der Waals surface area (Å²) < 4.78 is 42.9. The van der Waals surface area contributed by atoms with Gasteiger partial charge in [0, 0.05) is 19.2 Å². The van der Waals surface area contributed by atoms with Gasteiger partial charge in [-0.05, 0) is 35.4 Å². The molecule has 0 saturated carbocycles. The monoisotopic (exact) mass is 381 g/mol. The van der Waals surface area contributed by atoms with E-state index in [0.29, 0.717) is 12.2 Å². The number of ether oxygens (including phenoxy) is 1. The predicted octanol–water partition coefficient (Wildman–Crippen LogP) is 3.58. The predicted molar refractivity (Wildman–Crippen MR) is 91.0 cm³/mol. The van der Waals surface area contributed by atoms with Crippen molar-refractivity contribution in [2.45, 2.75) is 19.3 Å². The number of hydrogen-bond acceptors (Lipinski definition) is 3. The Morgan fingerprint density at radius 1 is 1.00 bits per heavy atom. The van der Waals surface area contributed by atoms with Crippen LogP contribution in [0.2, 0.25) is 0 Å². The zero-order valence-electron chi connectivity index (χ0n) is 14.5. The molecule has 0 saturated heterocycles. The van der Waals surface area contributed by atoms with Crippen molar-refractivity contribution in [1.29, 1.82) is 0 Å². The molecule has 2 rings (SSSR count). The number of halogens is 3. The number of alkyl halides is 3. The molecule has 2 aromatic carbocycles. The van der Waals surface area contributed by atoms with E-state index in [4.69, 9.17) is 9.84 Å². The number of hydrogen-bond donors (Lipinski definition) is 1. The summed E-state index contributed by atoms with van der Waals surface area (Å²) in [7, 11) is 1.54. The molecule has 0 bridgehead atoms. The van der Waals surface area contributed by atoms with Gasteiger partial charge in [0.2, 0.25) is 0 Å². The van der Waals surface area contributed by atoms with Gasteiger partial charge in [-0.2, -0.15) is 13.2 Å². The lowest BCUT2D eigenvalue weighted by molar-refractivity contribution is -0.138. The van der Waals surface area contributed by atoms with Crippen LogP contribution in [-0.4, -0.2) is 35.5 Å². The van der Waals surface area contributed by atoms with Crippen LogP contribution < -0.4 is 0 Å². The first kappa shape index (κ1) is 20.4. The van der Waals surface area contributed by atoms with Crippen molar-refractivity contribution >= 4 is 11.9 Å². The Bertz CT molecular complexity index is 786. The van der Waals surface area contributed by atoms with Gasteiger partial charge in [-0.3, -0.25) is 9.59 Å². The van der Waals surface area contributed by atoms with E-state index in [1.807, 2.05) is 0 Å². The van der Waals surface area contributed by atoms with Crippen LogP contribution in [0, 0.1) is 0 Å². The molecule has 0 spiro atoms. The van der Waals surface area contributed by atoms with Crippen LogP contribution in [-0.2, 0) is 28.9 Å². The molecule has 1 N–H and O–H groups in total. The third-order valence-electron chi connectivity index (χ3n) is 3.78. The van der Waals surface area contributed by atoms with Crippen molar-refractivity contribution in [2.75, 3.05) is 13.7 Å². The van der Waals surface area contributed by atoms with E-state index in [1.54, 1.807) is 24.3 Å². The SMILES string of the molecule is COCc1ccc(C(=O)N(CC(=O)O)Cc2ccc(C(F)(F)F)cc2)cc1. The highest BCUT2D eigenvalue weighted by molar-refractivity contribution is 5.95. The number of methoxy groups -OCH3 is 1. The molecule has 0 atom stereocenters. The fraction of sp³-hybridized carbons (Fsp3) is 0.263. The summed E-state index contributed by atoms with van der Waals surface area (Å²) in [6.07, 6.45) is -4.46. The summed E-state index contributed by atoms with van der Waals surface area (Å²) in [5.74, 6) is -1.74. The summed E-state index contributed by atoms with van der Waals surface area (Å²) in [6.45, 7) is -0.318. The van der Waals surface area contributed by atoms with Crippen LogP contribution in [0.4, 0.5) is 13.2 Å². The normalized spacial score (nSPS) is 11.3. The standard InChI is InChI=1S/C19H18F3NO4/c1-27-12-14-2-6-15(7-3-14)18(26)23(11-17(24)25)10-13-4-8-16(9-5-13)19(20,21)22/h2-9H,10-12H2,1H3,(H,24,25). The van der Waals surface area contributed by atoms with Crippen LogP contribution in [0.1, 0.15) is 27.0 Å². The Labute approximate surface area is 154 Å².